The number of halogens is 1. The van der Waals surface area contributed by atoms with Crippen molar-refractivity contribution in [2.24, 2.45) is 0 Å². The summed E-state index contributed by atoms with van der Waals surface area (Å²) < 4.78 is 10.9. The highest BCUT2D eigenvalue weighted by Gasteiger charge is 2.02. The summed E-state index contributed by atoms with van der Waals surface area (Å²) in [5.74, 6) is 0.717. The van der Waals surface area contributed by atoms with Crippen LogP contribution in [0, 0.1) is 6.92 Å². The molecule has 0 saturated heterocycles. The second-order valence-electron chi connectivity index (χ2n) is 3.75. The Morgan fingerprint density at radius 2 is 2.19 bits per heavy atom. The number of rotatable bonds is 5. The third kappa shape index (κ3) is 4.02. The Labute approximate surface area is 104 Å². The van der Waals surface area contributed by atoms with Gasteiger partial charge in [-0.15, -0.1) is 0 Å². The highest BCUT2D eigenvalue weighted by molar-refractivity contribution is 7.84. The van der Waals surface area contributed by atoms with E-state index in [4.69, 9.17) is 17.3 Å². The van der Waals surface area contributed by atoms with Crippen molar-refractivity contribution in [1.82, 2.24) is 0 Å². The van der Waals surface area contributed by atoms with E-state index in [9.17, 15) is 4.21 Å². The zero-order valence-electron chi connectivity index (χ0n) is 9.55. The number of hydrogen-bond acceptors (Lipinski definition) is 3. The number of anilines is 2. The molecule has 0 aliphatic heterocycles. The minimum Gasteiger partial charge on any atom is -0.398 e. The molecule has 90 valence electrons. The molecule has 0 aliphatic carbocycles. The lowest BCUT2D eigenvalue weighted by Crippen LogP contribution is -2.07. The van der Waals surface area contributed by atoms with E-state index in [0.29, 0.717) is 10.7 Å². The van der Waals surface area contributed by atoms with E-state index < -0.39 is 10.8 Å². The van der Waals surface area contributed by atoms with Crippen LogP contribution < -0.4 is 11.1 Å². The molecule has 0 aromatic heterocycles. The SMILES string of the molecule is Cc1cc(N)c(Cl)cc1NCCCS(C)=O. The molecule has 16 heavy (non-hydrogen) atoms. The van der Waals surface area contributed by atoms with Crippen LogP contribution in [-0.2, 0) is 10.8 Å². The molecule has 0 fully saturated rings. The molecule has 0 saturated carbocycles. The van der Waals surface area contributed by atoms with Gasteiger partial charge in [-0.05, 0) is 31.0 Å². The first-order valence-corrected chi connectivity index (χ1v) is 7.20. The van der Waals surface area contributed by atoms with Crippen LogP contribution >= 0.6 is 11.6 Å². The lowest BCUT2D eigenvalue weighted by Gasteiger charge is -2.11. The summed E-state index contributed by atoms with van der Waals surface area (Å²) in [7, 11) is -0.723. The lowest BCUT2D eigenvalue weighted by molar-refractivity contribution is 0.685. The van der Waals surface area contributed by atoms with Gasteiger partial charge in [-0.1, -0.05) is 11.6 Å². The van der Waals surface area contributed by atoms with Gasteiger partial charge in [0.05, 0.1) is 10.7 Å². The fourth-order valence-corrected chi connectivity index (χ4v) is 2.11. The standard InChI is InChI=1S/C11H17ClN2OS/c1-8-6-10(13)9(12)7-11(8)14-4-3-5-16(2)15/h6-7,14H,3-5,13H2,1-2H3. The highest BCUT2D eigenvalue weighted by atomic mass is 35.5. The summed E-state index contributed by atoms with van der Waals surface area (Å²) in [5.41, 5.74) is 8.34. The van der Waals surface area contributed by atoms with E-state index in [1.165, 1.54) is 0 Å². The molecule has 5 heteroatoms. The van der Waals surface area contributed by atoms with Crippen LogP contribution in [0.1, 0.15) is 12.0 Å². The number of hydrogen-bond donors (Lipinski definition) is 2. The van der Waals surface area contributed by atoms with E-state index in [-0.39, 0.29) is 0 Å². The number of benzene rings is 1. The number of nitrogen functional groups attached to an aromatic ring is 1. The van der Waals surface area contributed by atoms with Crippen LogP contribution in [-0.4, -0.2) is 22.8 Å². The molecular formula is C11H17ClN2OS. The fourth-order valence-electron chi connectivity index (χ4n) is 1.39. The molecule has 3 N–H and O–H groups in total. The zero-order chi connectivity index (χ0) is 12.1. The first kappa shape index (κ1) is 13.3. The van der Waals surface area contributed by atoms with Crippen LogP contribution in [0.2, 0.25) is 5.02 Å². The summed E-state index contributed by atoms with van der Waals surface area (Å²) in [6, 6.07) is 3.68. The van der Waals surface area contributed by atoms with Crippen LogP contribution in [0.3, 0.4) is 0 Å². The Bertz CT molecular complexity index is 396. The van der Waals surface area contributed by atoms with Gasteiger partial charge in [0, 0.05) is 35.0 Å². The van der Waals surface area contributed by atoms with E-state index in [1.54, 1.807) is 6.26 Å². The molecule has 1 aromatic rings. The molecule has 1 aromatic carbocycles. The number of nitrogens with two attached hydrogens (primary N) is 1. The molecule has 1 atom stereocenters. The lowest BCUT2D eigenvalue weighted by atomic mass is 10.2. The molecule has 0 amide bonds. The van der Waals surface area contributed by atoms with Crippen LogP contribution in [0.15, 0.2) is 12.1 Å². The summed E-state index contributed by atoms with van der Waals surface area (Å²) >= 11 is 5.94. The predicted molar refractivity (Wildman–Crippen MR) is 72.6 cm³/mol. The second-order valence-corrected chi connectivity index (χ2v) is 5.71. The molecule has 3 nitrogen and oxygen atoms in total. The van der Waals surface area contributed by atoms with E-state index in [1.807, 2.05) is 19.1 Å². The smallest absolute Gasteiger partial charge is 0.0656 e. The molecular weight excluding hydrogens is 244 g/mol. The van der Waals surface area contributed by atoms with Crippen molar-refractivity contribution in [1.29, 1.82) is 0 Å². The zero-order valence-corrected chi connectivity index (χ0v) is 11.1. The highest BCUT2D eigenvalue weighted by Crippen LogP contribution is 2.26. The number of aryl methyl sites for hydroxylation is 1. The van der Waals surface area contributed by atoms with Crippen molar-refractivity contribution in [2.45, 2.75) is 13.3 Å². The maximum Gasteiger partial charge on any atom is 0.0656 e. The van der Waals surface area contributed by atoms with Gasteiger partial charge in [0.1, 0.15) is 0 Å². The third-order valence-corrected chi connectivity index (χ3v) is 3.46. The van der Waals surface area contributed by atoms with E-state index in [2.05, 4.69) is 5.32 Å². The topological polar surface area (TPSA) is 55.1 Å². The van der Waals surface area contributed by atoms with Crippen molar-refractivity contribution in [3.63, 3.8) is 0 Å². The van der Waals surface area contributed by atoms with Crippen molar-refractivity contribution in [2.75, 3.05) is 29.6 Å². The van der Waals surface area contributed by atoms with Crippen LogP contribution in [0.4, 0.5) is 11.4 Å². The minimum absolute atomic E-state index is 0.562. The quantitative estimate of drug-likeness (QED) is 0.632. The van der Waals surface area contributed by atoms with Gasteiger partial charge in [-0.25, -0.2) is 0 Å². The maximum absolute atomic E-state index is 10.9. The normalized spacial score (nSPS) is 12.4. The van der Waals surface area contributed by atoms with Crippen LogP contribution in [0.25, 0.3) is 0 Å². The molecule has 1 unspecified atom stereocenters. The Morgan fingerprint density at radius 1 is 1.50 bits per heavy atom. The van der Waals surface area contributed by atoms with Crippen molar-refractivity contribution in [3.05, 3.63) is 22.7 Å². The second kappa shape index (κ2) is 6.11. The van der Waals surface area contributed by atoms with Gasteiger partial charge >= 0.3 is 0 Å². The summed E-state index contributed by atoms with van der Waals surface area (Å²) in [6.45, 7) is 2.77. The molecule has 0 bridgehead atoms. The third-order valence-electron chi connectivity index (χ3n) is 2.27. The average molecular weight is 261 g/mol. The number of nitrogens with one attached hydrogen (secondary N) is 1. The molecule has 0 spiro atoms. The van der Waals surface area contributed by atoms with E-state index >= 15 is 0 Å². The Morgan fingerprint density at radius 3 is 2.81 bits per heavy atom. The van der Waals surface area contributed by atoms with Crippen molar-refractivity contribution < 1.29 is 4.21 Å². The first-order chi connectivity index (χ1) is 7.50. The molecule has 0 radical (unpaired) electrons. The minimum atomic E-state index is -0.723. The van der Waals surface area contributed by atoms with Crippen LogP contribution in [0.5, 0.6) is 0 Å². The molecule has 0 heterocycles. The van der Waals surface area contributed by atoms with E-state index in [0.717, 1.165) is 30.0 Å². The van der Waals surface area contributed by atoms with Gasteiger partial charge in [-0.3, -0.25) is 4.21 Å². The Kier molecular flexibility index (Phi) is 5.09. The maximum atomic E-state index is 10.9. The summed E-state index contributed by atoms with van der Waals surface area (Å²) in [4.78, 5) is 0. The summed E-state index contributed by atoms with van der Waals surface area (Å²) in [5, 5.41) is 3.82. The van der Waals surface area contributed by atoms with Gasteiger partial charge in [0.25, 0.3) is 0 Å². The van der Waals surface area contributed by atoms with Gasteiger partial charge in [0.2, 0.25) is 0 Å². The molecule has 1 rings (SSSR count). The van der Waals surface area contributed by atoms with Crippen molar-refractivity contribution in [3.8, 4) is 0 Å². The van der Waals surface area contributed by atoms with Crippen molar-refractivity contribution >= 4 is 33.8 Å². The Balaban J connectivity index is 2.54. The predicted octanol–water partition coefficient (Wildman–Crippen LogP) is 2.41. The average Bonchev–Trinajstić information content (AvgIpc) is 2.19. The first-order valence-electron chi connectivity index (χ1n) is 5.10. The fraction of sp³-hybridized carbons (Fsp3) is 0.455. The van der Waals surface area contributed by atoms with Gasteiger partial charge < -0.3 is 11.1 Å². The van der Waals surface area contributed by atoms with Gasteiger partial charge in [0.15, 0.2) is 0 Å². The monoisotopic (exact) mass is 260 g/mol. The molecule has 0 aliphatic rings. The summed E-state index contributed by atoms with van der Waals surface area (Å²) in [6.07, 6.45) is 2.59. The largest absolute Gasteiger partial charge is 0.398 e. The van der Waals surface area contributed by atoms with Gasteiger partial charge in [-0.2, -0.15) is 0 Å². The Hall–Kier alpha value is -0.740.